The lowest BCUT2D eigenvalue weighted by Gasteiger charge is -2.40. The number of nitrogens with zero attached hydrogens (tertiary/aromatic N) is 4. The summed E-state index contributed by atoms with van der Waals surface area (Å²) in [6.07, 6.45) is 1.28. The summed E-state index contributed by atoms with van der Waals surface area (Å²) in [5.41, 5.74) is 1.89. The van der Waals surface area contributed by atoms with Gasteiger partial charge < -0.3 is 9.88 Å². The van der Waals surface area contributed by atoms with Crippen molar-refractivity contribution in [3.63, 3.8) is 0 Å². The van der Waals surface area contributed by atoms with Crippen LogP contribution in [0.5, 0.6) is 0 Å². The van der Waals surface area contributed by atoms with Crippen molar-refractivity contribution in [1.29, 1.82) is 5.26 Å². The third kappa shape index (κ3) is 2.30. The number of aromatic amines is 1. The third-order valence-corrected chi connectivity index (χ3v) is 5.19. The first-order chi connectivity index (χ1) is 10.9. The number of H-pyrrole nitrogens is 1. The number of hydrogen-bond donors (Lipinski definition) is 1. The molecule has 23 heavy (non-hydrogen) atoms. The molecule has 0 radical (unpaired) electrons. The molecule has 0 aromatic carbocycles. The van der Waals surface area contributed by atoms with E-state index in [-0.39, 0.29) is 11.9 Å². The third-order valence-electron chi connectivity index (χ3n) is 5.19. The van der Waals surface area contributed by atoms with E-state index < -0.39 is 5.54 Å². The van der Waals surface area contributed by atoms with Gasteiger partial charge in [-0.1, -0.05) is 0 Å². The van der Waals surface area contributed by atoms with Gasteiger partial charge in [-0.3, -0.25) is 14.6 Å². The van der Waals surface area contributed by atoms with Gasteiger partial charge in [0.25, 0.3) is 5.91 Å². The van der Waals surface area contributed by atoms with Crippen LogP contribution in [0.15, 0.2) is 6.07 Å². The normalized spacial score (nSPS) is 21.3. The van der Waals surface area contributed by atoms with Crippen LogP contribution in [0.3, 0.4) is 0 Å². The van der Waals surface area contributed by atoms with E-state index in [1.54, 1.807) is 19.0 Å². The van der Waals surface area contributed by atoms with Gasteiger partial charge in [0.1, 0.15) is 11.6 Å². The van der Waals surface area contributed by atoms with E-state index in [0.717, 1.165) is 31.0 Å². The number of aromatic nitrogens is 1. The molecule has 2 aliphatic rings. The number of likely N-dealkylation sites (tertiary alicyclic amines) is 1. The largest absolute Gasteiger partial charge is 0.360 e. The SMILES string of the molecule is Cc1[nH]c(CN2CCC3(CC2)C(=O)N(C)C(=O)N3C)cc1C#N. The monoisotopic (exact) mass is 315 g/mol. The van der Waals surface area contributed by atoms with Gasteiger partial charge in [0.05, 0.1) is 5.56 Å². The number of piperidine rings is 1. The highest BCUT2D eigenvalue weighted by atomic mass is 16.2. The molecule has 3 rings (SSSR count). The van der Waals surface area contributed by atoms with Gasteiger partial charge >= 0.3 is 6.03 Å². The Balaban J connectivity index is 1.68. The molecule has 122 valence electrons. The Labute approximate surface area is 135 Å². The molecule has 1 aromatic rings. The van der Waals surface area contributed by atoms with Crippen LogP contribution in [0, 0.1) is 18.3 Å². The van der Waals surface area contributed by atoms with Crippen LogP contribution < -0.4 is 0 Å². The smallest absolute Gasteiger partial charge is 0.327 e. The summed E-state index contributed by atoms with van der Waals surface area (Å²) in [4.78, 5) is 32.8. The molecule has 0 atom stereocenters. The fourth-order valence-electron chi connectivity index (χ4n) is 3.65. The number of hydrogen-bond acceptors (Lipinski definition) is 4. The van der Waals surface area contributed by atoms with Gasteiger partial charge in [-0.05, 0) is 25.8 Å². The molecule has 7 nitrogen and oxygen atoms in total. The molecule has 1 aromatic heterocycles. The summed E-state index contributed by atoms with van der Waals surface area (Å²) < 4.78 is 0. The number of aryl methyl sites for hydroxylation is 1. The van der Waals surface area contributed by atoms with E-state index in [4.69, 9.17) is 5.26 Å². The average Bonchev–Trinajstić information content (AvgIpc) is 2.98. The maximum atomic E-state index is 12.5. The quantitative estimate of drug-likeness (QED) is 0.827. The minimum atomic E-state index is -0.675. The van der Waals surface area contributed by atoms with Crippen molar-refractivity contribution in [2.45, 2.75) is 31.8 Å². The molecule has 1 spiro atoms. The van der Waals surface area contributed by atoms with Crippen molar-refractivity contribution < 1.29 is 9.59 Å². The number of carbonyl (C=O) groups is 2. The molecular weight excluding hydrogens is 294 g/mol. The summed E-state index contributed by atoms with van der Waals surface area (Å²) >= 11 is 0. The van der Waals surface area contributed by atoms with Gasteiger partial charge in [-0.15, -0.1) is 0 Å². The molecule has 1 N–H and O–H groups in total. The van der Waals surface area contributed by atoms with Crippen LogP contribution in [0.1, 0.15) is 29.8 Å². The van der Waals surface area contributed by atoms with Crippen molar-refractivity contribution in [3.8, 4) is 6.07 Å². The van der Waals surface area contributed by atoms with Crippen LogP contribution in [0.4, 0.5) is 4.79 Å². The molecule has 0 aliphatic carbocycles. The lowest BCUT2D eigenvalue weighted by Crippen LogP contribution is -2.55. The van der Waals surface area contributed by atoms with E-state index in [9.17, 15) is 9.59 Å². The van der Waals surface area contributed by atoms with Crippen LogP contribution in [0.2, 0.25) is 0 Å². The van der Waals surface area contributed by atoms with E-state index >= 15 is 0 Å². The minimum absolute atomic E-state index is 0.0906. The van der Waals surface area contributed by atoms with Crippen LogP contribution in [-0.2, 0) is 11.3 Å². The van der Waals surface area contributed by atoms with Gasteiger partial charge in [-0.2, -0.15) is 5.26 Å². The van der Waals surface area contributed by atoms with E-state index in [1.165, 1.54) is 4.90 Å². The first kappa shape index (κ1) is 15.6. The Hall–Kier alpha value is -2.33. The summed E-state index contributed by atoms with van der Waals surface area (Å²) in [5, 5.41) is 9.02. The zero-order valence-corrected chi connectivity index (χ0v) is 13.7. The summed E-state index contributed by atoms with van der Waals surface area (Å²) in [6, 6.07) is 3.83. The van der Waals surface area contributed by atoms with Crippen LogP contribution in [-0.4, -0.2) is 64.3 Å². The molecule has 2 aliphatic heterocycles. The summed E-state index contributed by atoms with van der Waals surface area (Å²) in [5.74, 6) is -0.0906. The molecule has 7 heteroatoms. The second-order valence-electron chi connectivity index (χ2n) is 6.46. The number of carbonyl (C=O) groups excluding carboxylic acids is 2. The zero-order chi connectivity index (χ0) is 16.8. The zero-order valence-electron chi connectivity index (χ0n) is 13.7. The highest BCUT2D eigenvalue weighted by Crippen LogP contribution is 2.35. The molecule has 2 saturated heterocycles. The molecule has 3 heterocycles. The molecule has 0 bridgehead atoms. The fraction of sp³-hybridized carbons (Fsp3) is 0.562. The molecular formula is C16H21N5O2. The molecule has 0 unspecified atom stereocenters. The molecule has 2 fully saturated rings. The number of likely N-dealkylation sites (N-methyl/N-ethyl adjacent to an activating group) is 2. The highest BCUT2D eigenvalue weighted by Gasteiger charge is 2.55. The van der Waals surface area contributed by atoms with Gasteiger partial charge in [-0.25, -0.2) is 4.79 Å². The number of urea groups is 1. The van der Waals surface area contributed by atoms with Gasteiger partial charge in [0, 0.05) is 45.1 Å². The van der Waals surface area contributed by atoms with Gasteiger partial charge in [0.2, 0.25) is 0 Å². The summed E-state index contributed by atoms with van der Waals surface area (Å²) in [6.45, 7) is 4.11. The first-order valence-corrected chi connectivity index (χ1v) is 7.76. The lowest BCUT2D eigenvalue weighted by molar-refractivity contribution is -0.134. The second kappa shape index (κ2) is 5.39. The fourth-order valence-corrected chi connectivity index (χ4v) is 3.65. The van der Waals surface area contributed by atoms with Gasteiger partial charge in [0.15, 0.2) is 0 Å². The van der Waals surface area contributed by atoms with Crippen molar-refractivity contribution in [2.75, 3.05) is 27.2 Å². The Kier molecular flexibility index (Phi) is 3.65. The average molecular weight is 315 g/mol. The minimum Gasteiger partial charge on any atom is -0.360 e. The first-order valence-electron chi connectivity index (χ1n) is 7.76. The number of rotatable bonds is 2. The van der Waals surface area contributed by atoms with Crippen molar-refractivity contribution >= 4 is 11.9 Å². The van der Waals surface area contributed by atoms with Crippen LogP contribution in [0.25, 0.3) is 0 Å². The van der Waals surface area contributed by atoms with E-state index in [0.29, 0.717) is 18.4 Å². The van der Waals surface area contributed by atoms with E-state index in [1.807, 2.05) is 13.0 Å². The second-order valence-corrected chi connectivity index (χ2v) is 6.46. The van der Waals surface area contributed by atoms with Crippen molar-refractivity contribution in [1.82, 2.24) is 19.7 Å². The maximum Gasteiger partial charge on any atom is 0.327 e. The molecule has 0 saturated carbocycles. The standard InChI is InChI=1S/C16H21N5O2/c1-11-12(9-17)8-13(18-11)10-21-6-4-16(5-7-21)14(22)19(2)15(23)20(16)3/h8,18H,4-7,10H2,1-3H3. The number of imide groups is 1. The number of amides is 3. The van der Waals surface area contributed by atoms with E-state index in [2.05, 4.69) is 16.0 Å². The lowest BCUT2D eigenvalue weighted by atomic mass is 9.86. The van der Waals surface area contributed by atoms with Crippen molar-refractivity contribution in [3.05, 3.63) is 23.0 Å². The predicted octanol–water partition coefficient (Wildman–Crippen LogP) is 1.05. The molecule has 3 amide bonds. The Morgan fingerprint density at radius 3 is 2.43 bits per heavy atom. The Morgan fingerprint density at radius 1 is 1.30 bits per heavy atom. The Bertz CT molecular complexity index is 694. The summed E-state index contributed by atoms with van der Waals surface area (Å²) in [7, 11) is 3.26. The maximum absolute atomic E-state index is 12.5. The predicted molar refractivity (Wildman–Crippen MR) is 83.4 cm³/mol. The topological polar surface area (TPSA) is 83.4 Å². The Morgan fingerprint density at radius 2 is 1.96 bits per heavy atom. The van der Waals surface area contributed by atoms with Crippen LogP contribution >= 0.6 is 0 Å². The number of nitriles is 1. The van der Waals surface area contributed by atoms with Crippen molar-refractivity contribution in [2.24, 2.45) is 0 Å². The highest BCUT2D eigenvalue weighted by molar-refractivity contribution is 6.06. The number of nitrogens with one attached hydrogen (secondary N) is 1.